The summed E-state index contributed by atoms with van der Waals surface area (Å²) in [7, 11) is 1.84. The van der Waals surface area contributed by atoms with Crippen LogP contribution in [-0.4, -0.2) is 84.4 Å². The van der Waals surface area contributed by atoms with Gasteiger partial charge in [0.05, 0.1) is 30.4 Å². The quantitative estimate of drug-likeness (QED) is 0.322. The van der Waals surface area contributed by atoms with Gasteiger partial charge in [0.15, 0.2) is 0 Å². The van der Waals surface area contributed by atoms with Crippen molar-refractivity contribution in [3.05, 3.63) is 53.8 Å². The fourth-order valence-corrected chi connectivity index (χ4v) is 6.31. The first-order chi connectivity index (χ1) is 22.5. The smallest absolute Gasteiger partial charge is 0.323 e. The van der Waals surface area contributed by atoms with Crippen LogP contribution in [-0.2, 0) is 9.53 Å². The molecule has 0 unspecified atom stereocenters. The van der Waals surface area contributed by atoms with Gasteiger partial charge < -0.3 is 35.0 Å². The molecule has 1 aliphatic heterocycles. The van der Waals surface area contributed by atoms with Gasteiger partial charge in [0, 0.05) is 50.0 Å². The lowest BCUT2D eigenvalue weighted by Gasteiger charge is -2.36. The first kappa shape index (κ1) is 36.1. The number of hydrogen-bond donors (Lipinski definition) is 3. The number of fused-ring (bicyclic) bond motifs is 1. The Morgan fingerprint density at radius 2 is 1.66 bits per heavy atom. The molecule has 1 fully saturated rings. The van der Waals surface area contributed by atoms with Gasteiger partial charge in [-0.2, -0.15) is 0 Å². The van der Waals surface area contributed by atoms with Gasteiger partial charge >= 0.3 is 6.03 Å². The summed E-state index contributed by atoms with van der Waals surface area (Å²) in [4.78, 5) is 43.8. The van der Waals surface area contributed by atoms with Crippen molar-refractivity contribution >= 4 is 29.2 Å². The van der Waals surface area contributed by atoms with E-state index < -0.39 is 17.9 Å². The molecule has 47 heavy (non-hydrogen) atoms. The lowest BCUT2D eigenvalue weighted by Crippen LogP contribution is -2.48. The molecule has 0 radical (unpaired) electrons. The van der Waals surface area contributed by atoms with E-state index in [1.165, 1.54) is 30.7 Å². The van der Waals surface area contributed by atoms with Crippen LogP contribution >= 0.6 is 0 Å². The number of nitrogens with one attached hydrogen (secondary N) is 2. The first-order valence-electron chi connectivity index (χ1n) is 17.0. The molecule has 0 saturated heterocycles. The topological polar surface area (TPSA) is 120 Å². The molecule has 4 atom stereocenters. The number of aliphatic hydroxyl groups is 1. The molecule has 4 amide bonds. The first-order valence-corrected chi connectivity index (χ1v) is 17.0. The third kappa shape index (κ3) is 10.4. The van der Waals surface area contributed by atoms with Crippen molar-refractivity contribution in [3.8, 4) is 5.75 Å². The highest BCUT2D eigenvalue weighted by molar-refractivity contribution is 6.02. The highest BCUT2D eigenvalue weighted by Crippen LogP contribution is 2.29. The van der Waals surface area contributed by atoms with Crippen LogP contribution in [0.4, 0.5) is 20.6 Å². The van der Waals surface area contributed by atoms with Crippen molar-refractivity contribution in [1.82, 2.24) is 9.80 Å². The standard InChI is InChI=1S/C36H51FN4O6/c1-24-21-41(25(2)23-42)35(44)31-20-30(39-36(45)38-29-15-13-28(37)14-16-29)17-18-32(31)47-26(3)10-8-9-19-46-33(24)22-40(4)34(43)27-11-6-5-7-12-27/h13-18,20,24-27,33,42H,5-12,19,21-23H2,1-4H3,(H2,38,39,45)/t24-,25+,26+,33+/m0/s1. The van der Waals surface area contributed by atoms with Gasteiger partial charge in [-0.3, -0.25) is 9.59 Å². The molecular formula is C36H51FN4O6. The van der Waals surface area contributed by atoms with E-state index in [0.29, 0.717) is 30.3 Å². The molecule has 0 aromatic heterocycles. The van der Waals surface area contributed by atoms with Crippen LogP contribution in [0.3, 0.4) is 0 Å². The molecule has 4 rings (SSSR count). The lowest BCUT2D eigenvalue weighted by atomic mass is 9.88. The second kappa shape index (κ2) is 17.5. The highest BCUT2D eigenvalue weighted by atomic mass is 19.1. The molecular weight excluding hydrogens is 603 g/mol. The number of halogens is 1. The summed E-state index contributed by atoms with van der Waals surface area (Å²) >= 11 is 0. The lowest BCUT2D eigenvalue weighted by molar-refractivity contribution is -0.137. The van der Waals surface area contributed by atoms with E-state index in [2.05, 4.69) is 10.6 Å². The number of hydrogen-bond acceptors (Lipinski definition) is 6. The Morgan fingerprint density at radius 3 is 2.36 bits per heavy atom. The molecule has 258 valence electrons. The molecule has 2 aliphatic rings. The van der Waals surface area contributed by atoms with Gasteiger partial charge in [0.2, 0.25) is 5.91 Å². The summed E-state index contributed by atoms with van der Waals surface area (Å²) in [5.74, 6) is -0.344. The van der Waals surface area contributed by atoms with Crippen LogP contribution in [0.15, 0.2) is 42.5 Å². The van der Waals surface area contributed by atoms with Crippen LogP contribution in [0.1, 0.15) is 82.5 Å². The van der Waals surface area contributed by atoms with Gasteiger partial charge in [0.25, 0.3) is 5.91 Å². The summed E-state index contributed by atoms with van der Waals surface area (Å²) in [6, 6.07) is 9.23. The van der Waals surface area contributed by atoms with Crippen LogP contribution in [0, 0.1) is 17.7 Å². The summed E-state index contributed by atoms with van der Waals surface area (Å²) in [6.07, 6.45) is 7.11. The average molecular weight is 655 g/mol. The number of urea groups is 1. The Labute approximate surface area is 278 Å². The third-order valence-electron chi connectivity index (χ3n) is 9.20. The zero-order valence-corrected chi connectivity index (χ0v) is 28.2. The molecule has 0 spiro atoms. The molecule has 1 heterocycles. The minimum atomic E-state index is -0.555. The molecule has 1 saturated carbocycles. The second-order valence-electron chi connectivity index (χ2n) is 13.2. The molecule has 11 heteroatoms. The number of rotatable bonds is 7. The van der Waals surface area contributed by atoms with Gasteiger partial charge in [-0.05, 0) is 88.4 Å². The number of likely N-dealkylation sites (N-methyl/N-ethyl adjacent to an activating group) is 1. The Morgan fingerprint density at radius 1 is 1.00 bits per heavy atom. The van der Waals surface area contributed by atoms with Crippen molar-refractivity contribution in [2.45, 2.75) is 90.4 Å². The van der Waals surface area contributed by atoms with Crippen molar-refractivity contribution in [2.24, 2.45) is 11.8 Å². The number of carbonyl (C=O) groups excluding carboxylic acids is 3. The summed E-state index contributed by atoms with van der Waals surface area (Å²) in [5.41, 5.74) is 1.03. The zero-order valence-electron chi connectivity index (χ0n) is 28.2. The van der Waals surface area contributed by atoms with Crippen LogP contribution < -0.4 is 15.4 Å². The summed E-state index contributed by atoms with van der Waals surface area (Å²) in [5, 5.41) is 15.6. The molecule has 3 N–H and O–H groups in total. The van der Waals surface area contributed by atoms with Crippen LogP contribution in [0.25, 0.3) is 0 Å². The molecule has 0 bridgehead atoms. The second-order valence-corrected chi connectivity index (χ2v) is 13.2. The van der Waals surface area contributed by atoms with Crippen molar-refractivity contribution < 1.29 is 33.4 Å². The number of benzene rings is 2. The minimum Gasteiger partial charge on any atom is -0.490 e. The SMILES string of the molecule is C[C@@H]1CCCCO[C@H](CN(C)C(=O)C2CCCCC2)[C@@H](C)CN([C@H](C)CO)C(=O)c2cc(NC(=O)Nc3ccc(F)cc3)ccc2O1. The normalized spacial score (nSPS) is 22.3. The monoisotopic (exact) mass is 654 g/mol. The van der Waals surface area contributed by atoms with Crippen LogP contribution in [0.2, 0.25) is 0 Å². The fraction of sp³-hybridized carbons (Fsp3) is 0.583. The average Bonchev–Trinajstić information content (AvgIpc) is 3.07. The maximum atomic E-state index is 14.3. The van der Waals surface area contributed by atoms with E-state index in [1.54, 1.807) is 34.9 Å². The van der Waals surface area contributed by atoms with E-state index in [1.807, 2.05) is 20.9 Å². The summed E-state index contributed by atoms with van der Waals surface area (Å²) < 4.78 is 26.0. The number of aliphatic hydroxyl groups excluding tert-OH is 1. The minimum absolute atomic E-state index is 0.0496. The van der Waals surface area contributed by atoms with Crippen molar-refractivity contribution in [3.63, 3.8) is 0 Å². The van der Waals surface area contributed by atoms with E-state index in [9.17, 15) is 23.9 Å². The maximum absolute atomic E-state index is 14.3. The van der Waals surface area contributed by atoms with E-state index >= 15 is 0 Å². The number of anilines is 2. The predicted octanol–water partition coefficient (Wildman–Crippen LogP) is 6.30. The van der Waals surface area contributed by atoms with E-state index in [4.69, 9.17) is 9.47 Å². The predicted molar refractivity (Wildman–Crippen MR) is 180 cm³/mol. The van der Waals surface area contributed by atoms with Gasteiger partial charge in [-0.1, -0.05) is 26.2 Å². The van der Waals surface area contributed by atoms with Crippen LogP contribution in [0.5, 0.6) is 5.75 Å². The Kier molecular flexibility index (Phi) is 13.4. The molecule has 2 aromatic carbocycles. The Bertz CT molecular complexity index is 1340. The fourth-order valence-electron chi connectivity index (χ4n) is 6.31. The van der Waals surface area contributed by atoms with Gasteiger partial charge in [-0.25, -0.2) is 9.18 Å². The number of nitrogens with zero attached hydrogens (tertiary/aromatic N) is 2. The largest absolute Gasteiger partial charge is 0.490 e. The van der Waals surface area contributed by atoms with Crippen molar-refractivity contribution in [2.75, 3.05) is 44.0 Å². The Hall–Kier alpha value is -3.70. The maximum Gasteiger partial charge on any atom is 0.323 e. The number of amides is 4. The van der Waals surface area contributed by atoms with E-state index in [-0.39, 0.29) is 54.6 Å². The van der Waals surface area contributed by atoms with E-state index in [0.717, 1.165) is 44.9 Å². The van der Waals surface area contributed by atoms with Gasteiger partial charge in [0.1, 0.15) is 11.6 Å². The molecule has 10 nitrogen and oxygen atoms in total. The number of ether oxygens (including phenoxy) is 2. The number of carbonyl (C=O) groups is 3. The molecule has 2 aromatic rings. The molecule has 1 aliphatic carbocycles. The Balaban J connectivity index is 1.58. The summed E-state index contributed by atoms with van der Waals surface area (Å²) in [6.45, 7) is 6.71. The zero-order chi connectivity index (χ0) is 33.9. The van der Waals surface area contributed by atoms with Crippen molar-refractivity contribution in [1.29, 1.82) is 0 Å². The highest BCUT2D eigenvalue weighted by Gasteiger charge is 2.32. The third-order valence-corrected chi connectivity index (χ3v) is 9.20. The van der Waals surface area contributed by atoms with Gasteiger partial charge in [-0.15, -0.1) is 0 Å².